The summed E-state index contributed by atoms with van der Waals surface area (Å²) in [4.78, 5) is 10.6. The summed E-state index contributed by atoms with van der Waals surface area (Å²) in [6.07, 6.45) is -0.744. The van der Waals surface area contributed by atoms with Crippen molar-refractivity contribution in [1.29, 1.82) is 0 Å². The first-order valence-corrected chi connectivity index (χ1v) is 5.23. The first-order valence-electron chi connectivity index (χ1n) is 5.23. The monoisotopic (exact) mass is 227 g/mol. The zero-order chi connectivity index (χ0) is 12.3. The molecule has 0 aliphatic carbocycles. The molecular formula is C14H11O3-. The Hall–Kier alpha value is -2.13. The summed E-state index contributed by atoms with van der Waals surface area (Å²) in [5.74, 6) is -1.22. The van der Waals surface area contributed by atoms with Gasteiger partial charge in [-0.3, -0.25) is 0 Å². The van der Waals surface area contributed by atoms with Gasteiger partial charge in [0.05, 0.1) is 5.97 Å². The average molecular weight is 227 g/mol. The Morgan fingerprint density at radius 3 is 2.00 bits per heavy atom. The molecule has 3 heteroatoms. The van der Waals surface area contributed by atoms with Gasteiger partial charge in [0, 0.05) is 0 Å². The van der Waals surface area contributed by atoms with Crippen molar-refractivity contribution in [3.05, 3.63) is 71.3 Å². The summed E-state index contributed by atoms with van der Waals surface area (Å²) in [7, 11) is 0. The van der Waals surface area contributed by atoms with Crippen LogP contribution in [0.4, 0.5) is 0 Å². The van der Waals surface area contributed by atoms with E-state index in [-0.39, 0.29) is 5.56 Å². The molecule has 2 aromatic carbocycles. The smallest absolute Gasteiger partial charge is 0.104 e. The molecule has 0 bridgehead atoms. The highest BCUT2D eigenvalue weighted by atomic mass is 16.4. The minimum Gasteiger partial charge on any atom is -0.545 e. The van der Waals surface area contributed by atoms with E-state index in [1.165, 1.54) is 12.1 Å². The van der Waals surface area contributed by atoms with Crippen molar-refractivity contribution >= 4 is 5.97 Å². The van der Waals surface area contributed by atoms with Crippen LogP contribution in [0, 0.1) is 0 Å². The second-order valence-electron chi connectivity index (χ2n) is 3.72. The van der Waals surface area contributed by atoms with Crippen molar-refractivity contribution in [2.45, 2.75) is 6.10 Å². The van der Waals surface area contributed by atoms with E-state index in [9.17, 15) is 15.0 Å². The molecular weight excluding hydrogens is 216 g/mol. The van der Waals surface area contributed by atoms with E-state index in [0.717, 1.165) is 5.56 Å². The van der Waals surface area contributed by atoms with Crippen LogP contribution >= 0.6 is 0 Å². The number of aliphatic hydroxyl groups excluding tert-OH is 1. The highest BCUT2D eigenvalue weighted by Crippen LogP contribution is 2.21. The van der Waals surface area contributed by atoms with Crippen LogP contribution in [-0.2, 0) is 0 Å². The Labute approximate surface area is 99.0 Å². The highest BCUT2D eigenvalue weighted by Gasteiger charge is 2.09. The van der Waals surface area contributed by atoms with Crippen molar-refractivity contribution in [3.63, 3.8) is 0 Å². The second kappa shape index (κ2) is 4.80. The van der Waals surface area contributed by atoms with Crippen LogP contribution < -0.4 is 5.11 Å². The summed E-state index contributed by atoms with van der Waals surface area (Å²) in [6.45, 7) is 0. The van der Waals surface area contributed by atoms with E-state index in [0.29, 0.717) is 5.56 Å². The number of benzene rings is 2. The molecule has 1 atom stereocenters. The van der Waals surface area contributed by atoms with E-state index >= 15 is 0 Å². The van der Waals surface area contributed by atoms with Crippen LogP contribution in [0.15, 0.2) is 54.6 Å². The molecule has 2 aromatic rings. The van der Waals surface area contributed by atoms with Gasteiger partial charge in [-0.25, -0.2) is 0 Å². The number of carboxylic acids is 1. The fourth-order valence-electron chi connectivity index (χ4n) is 1.63. The molecule has 0 aromatic heterocycles. The van der Waals surface area contributed by atoms with Crippen LogP contribution in [-0.4, -0.2) is 11.1 Å². The summed E-state index contributed by atoms with van der Waals surface area (Å²) < 4.78 is 0. The fourth-order valence-corrected chi connectivity index (χ4v) is 1.63. The summed E-state index contributed by atoms with van der Waals surface area (Å²) >= 11 is 0. The third-order valence-corrected chi connectivity index (χ3v) is 2.58. The minimum atomic E-state index is -1.22. The molecule has 0 radical (unpaired) electrons. The molecule has 0 amide bonds. The maximum atomic E-state index is 10.6. The van der Waals surface area contributed by atoms with Gasteiger partial charge in [0.1, 0.15) is 6.10 Å². The second-order valence-corrected chi connectivity index (χ2v) is 3.72. The molecule has 0 aliphatic rings. The largest absolute Gasteiger partial charge is 0.545 e. The van der Waals surface area contributed by atoms with Crippen LogP contribution in [0.5, 0.6) is 0 Å². The van der Waals surface area contributed by atoms with E-state index in [1.54, 1.807) is 12.1 Å². The highest BCUT2D eigenvalue weighted by molar-refractivity contribution is 5.85. The quantitative estimate of drug-likeness (QED) is 0.855. The molecule has 0 spiro atoms. The number of rotatable bonds is 3. The molecule has 0 unspecified atom stereocenters. The molecule has 0 saturated carbocycles. The van der Waals surface area contributed by atoms with Crippen LogP contribution in [0.25, 0.3) is 0 Å². The minimum absolute atomic E-state index is 0.106. The first kappa shape index (κ1) is 11.4. The lowest BCUT2D eigenvalue weighted by Gasteiger charge is -2.12. The zero-order valence-electron chi connectivity index (χ0n) is 9.04. The first-order chi connectivity index (χ1) is 8.18. The molecule has 1 N–H and O–H groups in total. The van der Waals surface area contributed by atoms with Crippen molar-refractivity contribution < 1.29 is 15.0 Å². The van der Waals surface area contributed by atoms with Gasteiger partial charge in [0.2, 0.25) is 0 Å². The Bertz CT molecular complexity index is 503. The van der Waals surface area contributed by atoms with Crippen molar-refractivity contribution in [1.82, 2.24) is 0 Å². The number of aliphatic hydroxyl groups is 1. The summed E-state index contributed by atoms with van der Waals surface area (Å²) in [6, 6.07) is 15.2. The van der Waals surface area contributed by atoms with Gasteiger partial charge in [-0.15, -0.1) is 0 Å². The standard InChI is InChI=1S/C14H12O3/c15-13(10-4-2-1-3-5-10)11-6-8-12(9-7-11)14(16)17/h1-9,13,15H,(H,16,17)/p-1/t13-/m1/s1. The van der Waals surface area contributed by atoms with Gasteiger partial charge < -0.3 is 15.0 Å². The Morgan fingerprint density at radius 2 is 1.47 bits per heavy atom. The maximum Gasteiger partial charge on any atom is 0.104 e. The molecule has 0 fully saturated rings. The predicted molar refractivity (Wildman–Crippen MR) is 61.3 cm³/mol. The number of carbonyl (C=O) groups is 1. The van der Waals surface area contributed by atoms with Crippen LogP contribution in [0.2, 0.25) is 0 Å². The van der Waals surface area contributed by atoms with Gasteiger partial charge >= 0.3 is 0 Å². The topological polar surface area (TPSA) is 60.4 Å². The number of hydrogen-bond acceptors (Lipinski definition) is 3. The van der Waals surface area contributed by atoms with Crippen molar-refractivity contribution in [3.8, 4) is 0 Å². The fraction of sp³-hybridized carbons (Fsp3) is 0.0714. The van der Waals surface area contributed by atoms with Crippen LogP contribution in [0.3, 0.4) is 0 Å². The molecule has 0 heterocycles. The third kappa shape index (κ3) is 2.52. The van der Waals surface area contributed by atoms with E-state index in [4.69, 9.17) is 0 Å². The number of carboxylic acid groups (broad SMARTS) is 1. The SMILES string of the molecule is O=C([O-])c1ccc([C@H](O)c2ccccc2)cc1. The number of carbonyl (C=O) groups excluding carboxylic acids is 1. The van der Waals surface area contributed by atoms with Gasteiger partial charge in [-0.05, 0) is 16.7 Å². The van der Waals surface area contributed by atoms with Gasteiger partial charge in [-0.2, -0.15) is 0 Å². The lowest BCUT2D eigenvalue weighted by atomic mass is 10.0. The van der Waals surface area contributed by atoms with E-state index < -0.39 is 12.1 Å². The number of hydrogen-bond donors (Lipinski definition) is 1. The Morgan fingerprint density at radius 1 is 0.941 bits per heavy atom. The predicted octanol–water partition coefficient (Wildman–Crippen LogP) is 1.13. The zero-order valence-corrected chi connectivity index (χ0v) is 9.04. The molecule has 0 aliphatic heterocycles. The Kier molecular flexibility index (Phi) is 3.21. The van der Waals surface area contributed by atoms with Crippen LogP contribution in [0.1, 0.15) is 27.6 Å². The lowest BCUT2D eigenvalue weighted by Crippen LogP contribution is -2.22. The molecule has 0 saturated heterocycles. The molecule has 86 valence electrons. The normalized spacial score (nSPS) is 12.1. The summed E-state index contributed by atoms with van der Waals surface area (Å²) in [5.41, 5.74) is 1.53. The van der Waals surface area contributed by atoms with Crippen molar-refractivity contribution in [2.75, 3.05) is 0 Å². The van der Waals surface area contributed by atoms with E-state index in [1.807, 2.05) is 30.3 Å². The Balaban J connectivity index is 2.26. The van der Waals surface area contributed by atoms with Gasteiger partial charge in [0.25, 0.3) is 0 Å². The third-order valence-electron chi connectivity index (χ3n) is 2.58. The molecule has 2 rings (SSSR count). The maximum absolute atomic E-state index is 10.6. The molecule has 17 heavy (non-hydrogen) atoms. The lowest BCUT2D eigenvalue weighted by molar-refractivity contribution is -0.255. The number of aromatic carboxylic acids is 1. The van der Waals surface area contributed by atoms with Crippen molar-refractivity contribution in [2.24, 2.45) is 0 Å². The average Bonchev–Trinajstić information content (AvgIpc) is 2.39. The summed E-state index contributed by atoms with van der Waals surface area (Å²) in [5, 5.41) is 20.6. The van der Waals surface area contributed by atoms with Gasteiger partial charge in [0.15, 0.2) is 0 Å². The van der Waals surface area contributed by atoms with Gasteiger partial charge in [-0.1, -0.05) is 54.6 Å². The molecule has 3 nitrogen and oxygen atoms in total. The van der Waals surface area contributed by atoms with E-state index in [2.05, 4.69) is 0 Å².